The monoisotopic (exact) mass is 349 g/mol. The van der Waals surface area contributed by atoms with Gasteiger partial charge in [-0.05, 0) is 61.2 Å². The Hall–Kier alpha value is -2.66. The molecule has 2 amide bonds. The second kappa shape index (κ2) is 7.30. The van der Waals surface area contributed by atoms with E-state index in [1.165, 1.54) is 0 Å². The van der Waals surface area contributed by atoms with E-state index in [1.54, 1.807) is 6.07 Å². The number of benzene rings is 2. The van der Waals surface area contributed by atoms with Crippen LogP contribution in [0.1, 0.15) is 40.4 Å². The summed E-state index contributed by atoms with van der Waals surface area (Å²) in [6.07, 6.45) is 2.43. The van der Waals surface area contributed by atoms with Gasteiger partial charge in [-0.15, -0.1) is 0 Å². The molecule has 5 nitrogen and oxygen atoms in total. The number of hydrogen-bond donors (Lipinski definition) is 3. The molecular formula is C21H23N3O2. The molecule has 0 spiro atoms. The van der Waals surface area contributed by atoms with Crippen LogP contribution in [0.2, 0.25) is 0 Å². The van der Waals surface area contributed by atoms with Gasteiger partial charge in [0.25, 0.3) is 5.91 Å². The number of piperidine rings is 1. The van der Waals surface area contributed by atoms with Crippen molar-refractivity contribution in [2.45, 2.75) is 25.3 Å². The third kappa shape index (κ3) is 3.48. The molecule has 1 fully saturated rings. The molecule has 5 heteroatoms. The first kappa shape index (κ1) is 16.8. The highest BCUT2D eigenvalue weighted by molar-refractivity contribution is 6.01. The van der Waals surface area contributed by atoms with Gasteiger partial charge in [0.15, 0.2) is 0 Å². The molecule has 2 aliphatic rings. The average Bonchev–Trinajstić information content (AvgIpc) is 3.06. The van der Waals surface area contributed by atoms with Crippen LogP contribution in [0.15, 0.2) is 48.5 Å². The molecule has 134 valence electrons. The molecule has 0 aliphatic carbocycles. The minimum absolute atomic E-state index is 0.00110. The number of anilines is 1. The van der Waals surface area contributed by atoms with Gasteiger partial charge in [-0.3, -0.25) is 9.59 Å². The minimum atomic E-state index is -0.0838. The van der Waals surface area contributed by atoms with Crippen molar-refractivity contribution in [3.05, 3.63) is 65.2 Å². The fourth-order valence-electron chi connectivity index (χ4n) is 3.91. The van der Waals surface area contributed by atoms with E-state index in [-0.39, 0.29) is 17.9 Å². The Morgan fingerprint density at radius 3 is 2.62 bits per heavy atom. The van der Waals surface area contributed by atoms with Crippen molar-refractivity contribution in [2.75, 3.05) is 18.4 Å². The van der Waals surface area contributed by atoms with Crippen LogP contribution < -0.4 is 16.0 Å². The van der Waals surface area contributed by atoms with Crippen LogP contribution in [0.3, 0.4) is 0 Å². The van der Waals surface area contributed by atoms with Crippen LogP contribution in [0.25, 0.3) is 0 Å². The number of nitrogens with one attached hydrogen (secondary N) is 3. The van der Waals surface area contributed by atoms with Gasteiger partial charge < -0.3 is 16.0 Å². The van der Waals surface area contributed by atoms with Crippen molar-refractivity contribution in [3.8, 4) is 0 Å². The highest BCUT2D eigenvalue weighted by Crippen LogP contribution is 2.30. The predicted molar refractivity (Wildman–Crippen MR) is 101 cm³/mol. The Morgan fingerprint density at radius 2 is 1.85 bits per heavy atom. The second-order valence-electron chi connectivity index (χ2n) is 7.05. The van der Waals surface area contributed by atoms with E-state index in [0.717, 1.165) is 42.7 Å². The van der Waals surface area contributed by atoms with Gasteiger partial charge in [-0.1, -0.05) is 30.3 Å². The largest absolute Gasteiger partial charge is 0.345 e. The second-order valence-corrected chi connectivity index (χ2v) is 7.05. The summed E-state index contributed by atoms with van der Waals surface area (Å²) in [5.74, 6) is 0.314. The third-order valence-corrected chi connectivity index (χ3v) is 5.29. The maximum absolute atomic E-state index is 12.9. The van der Waals surface area contributed by atoms with Gasteiger partial charge in [-0.25, -0.2) is 0 Å². The van der Waals surface area contributed by atoms with Crippen molar-refractivity contribution in [3.63, 3.8) is 0 Å². The first-order valence-corrected chi connectivity index (χ1v) is 9.20. The van der Waals surface area contributed by atoms with Crippen LogP contribution in [0.4, 0.5) is 5.69 Å². The summed E-state index contributed by atoms with van der Waals surface area (Å²) < 4.78 is 0. The first-order valence-electron chi connectivity index (χ1n) is 9.20. The smallest absolute Gasteiger partial charge is 0.251 e. The van der Waals surface area contributed by atoms with Crippen LogP contribution in [-0.4, -0.2) is 24.9 Å². The topological polar surface area (TPSA) is 70.2 Å². The van der Waals surface area contributed by atoms with Crippen LogP contribution in [0.5, 0.6) is 0 Å². The Balaban J connectivity index is 1.56. The fourth-order valence-corrected chi connectivity index (χ4v) is 3.91. The summed E-state index contributed by atoms with van der Waals surface area (Å²) in [4.78, 5) is 24.5. The normalized spacial score (nSPS) is 18.1. The number of hydrogen-bond acceptors (Lipinski definition) is 3. The summed E-state index contributed by atoms with van der Waals surface area (Å²) in [7, 11) is 0. The number of amides is 2. The van der Waals surface area contributed by atoms with Crippen LogP contribution >= 0.6 is 0 Å². The van der Waals surface area contributed by atoms with E-state index in [9.17, 15) is 9.59 Å². The molecule has 0 aromatic heterocycles. The molecule has 1 atom stereocenters. The van der Waals surface area contributed by atoms with Crippen LogP contribution in [0, 0.1) is 5.92 Å². The highest BCUT2D eigenvalue weighted by atomic mass is 16.2. The van der Waals surface area contributed by atoms with E-state index in [1.807, 2.05) is 30.3 Å². The maximum Gasteiger partial charge on any atom is 0.251 e. The number of carbonyl (C=O) groups is 2. The summed E-state index contributed by atoms with van der Waals surface area (Å²) in [5.41, 5.74) is 3.45. The van der Waals surface area contributed by atoms with Gasteiger partial charge in [-0.2, -0.15) is 0 Å². The molecule has 26 heavy (non-hydrogen) atoms. The molecule has 2 aromatic carbocycles. The average molecular weight is 349 g/mol. The van der Waals surface area contributed by atoms with Gasteiger partial charge in [0, 0.05) is 11.3 Å². The predicted octanol–water partition coefficient (Wildman–Crippen LogP) is 2.65. The van der Waals surface area contributed by atoms with E-state index < -0.39 is 0 Å². The quantitative estimate of drug-likeness (QED) is 0.795. The fraction of sp³-hybridized carbons (Fsp3) is 0.333. The van der Waals surface area contributed by atoms with Gasteiger partial charge >= 0.3 is 0 Å². The maximum atomic E-state index is 12.9. The van der Waals surface area contributed by atoms with Gasteiger partial charge in [0.2, 0.25) is 5.91 Å². The lowest BCUT2D eigenvalue weighted by Crippen LogP contribution is -2.38. The molecule has 0 saturated carbocycles. The van der Waals surface area contributed by atoms with Crippen molar-refractivity contribution in [2.24, 2.45) is 5.92 Å². The van der Waals surface area contributed by atoms with Gasteiger partial charge in [0.05, 0.1) is 12.5 Å². The first-order chi connectivity index (χ1) is 12.7. The SMILES string of the molecule is O=C1Cc2cc(C(=O)NC(c3ccccc3)C3CCNCC3)ccc2N1. The van der Waals surface area contributed by atoms with Crippen molar-refractivity contribution >= 4 is 17.5 Å². The molecule has 0 radical (unpaired) electrons. The van der Waals surface area contributed by atoms with Crippen LogP contribution in [-0.2, 0) is 11.2 Å². The summed E-state index contributed by atoms with van der Waals surface area (Å²) in [6, 6.07) is 15.6. The number of rotatable bonds is 4. The molecule has 1 unspecified atom stereocenters. The summed E-state index contributed by atoms with van der Waals surface area (Å²) in [6.45, 7) is 1.97. The van der Waals surface area contributed by atoms with E-state index in [4.69, 9.17) is 0 Å². The molecule has 2 heterocycles. The van der Waals surface area contributed by atoms with E-state index in [0.29, 0.717) is 17.9 Å². The Labute approximate surface area is 153 Å². The lowest BCUT2D eigenvalue weighted by atomic mass is 9.85. The zero-order valence-corrected chi connectivity index (χ0v) is 14.6. The zero-order chi connectivity index (χ0) is 17.9. The third-order valence-electron chi connectivity index (χ3n) is 5.29. The van der Waals surface area contributed by atoms with Crippen molar-refractivity contribution < 1.29 is 9.59 Å². The number of carbonyl (C=O) groups excluding carboxylic acids is 2. The molecule has 2 aliphatic heterocycles. The Kier molecular flexibility index (Phi) is 4.71. The highest BCUT2D eigenvalue weighted by Gasteiger charge is 2.27. The lowest BCUT2D eigenvalue weighted by Gasteiger charge is -2.32. The molecule has 0 bridgehead atoms. The summed E-state index contributed by atoms with van der Waals surface area (Å²) in [5, 5.41) is 9.44. The van der Waals surface area contributed by atoms with E-state index in [2.05, 4.69) is 28.1 Å². The zero-order valence-electron chi connectivity index (χ0n) is 14.6. The van der Waals surface area contributed by atoms with Gasteiger partial charge in [0.1, 0.15) is 0 Å². The van der Waals surface area contributed by atoms with E-state index >= 15 is 0 Å². The molecular weight excluding hydrogens is 326 g/mol. The Morgan fingerprint density at radius 1 is 1.08 bits per heavy atom. The standard InChI is InChI=1S/C21H23N3O2/c25-19-13-17-12-16(6-7-18(17)23-19)21(26)24-20(14-4-2-1-3-5-14)15-8-10-22-11-9-15/h1-7,12,15,20,22H,8-11,13H2,(H,23,25)(H,24,26). The number of fused-ring (bicyclic) bond motifs is 1. The minimum Gasteiger partial charge on any atom is -0.345 e. The molecule has 3 N–H and O–H groups in total. The molecule has 1 saturated heterocycles. The lowest BCUT2D eigenvalue weighted by molar-refractivity contribution is -0.115. The van der Waals surface area contributed by atoms with Crippen molar-refractivity contribution in [1.29, 1.82) is 0 Å². The molecule has 4 rings (SSSR count). The Bertz CT molecular complexity index is 813. The van der Waals surface area contributed by atoms with Crippen molar-refractivity contribution in [1.82, 2.24) is 10.6 Å². The molecule has 2 aromatic rings. The summed E-state index contributed by atoms with van der Waals surface area (Å²) >= 11 is 0.